The van der Waals surface area contributed by atoms with Crippen LogP contribution in [0.4, 0.5) is 5.82 Å². The van der Waals surface area contributed by atoms with Crippen LogP contribution in [0.5, 0.6) is 5.75 Å². The summed E-state index contributed by atoms with van der Waals surface area (Å²) in [5.74, 6) is 0.363. The van der Waals surface area contributed by atoms with Crippen LogP contribution in [0.25, 0.3) is 16.8 Å². The zero-order valence-electron chi connectivity index (χ0n) is 17.1. The van der Waals surface area contributed by atoms with Gasteiger partial charge in [-0.2, -0.15) is 5.26 Å². The number of halogens is 1. The highest BCUT2D eigenvalue weighted by atomic mass is 35.5. The summed E-state index contributed by atoms with van der Waals surface area (Å²) in [4.78, 5) is 4.47. The first-order chi connectivity index (χ1) is 15.8. The van der Waals surface area contributed by atoms with Gasteiger partial charge in [0.1, 0.15) is 17.4 Å². The van der Waals surface area contributed by atoms with E-state index in [0.717, 1.165) is 5.56 Å². The predicted octanol–water partition coefficient (Wildman–Crippen LogP) is 4.77. The summed E-state index contributed by atoms with van der Waals surface area (Å²) in [6.45, 7) is 0. The molecule has 4 rings (SSSR count). The van der Waals surface area contributed by atoms with Crippen molar-refractivity contribution in [1.82, 2.24) is 4.57 Å². The van der Waals surface area contributed by atoms with Crippen LogP contribution in [0.15, 0.2) is 88.9 Å². The molecule has 0 aliphatic heterocycles. The summed E-state index contributed by atoms with van der Waals surface area (Å²) in [6.07, 6.45) is 3.21. The molecule has 0 radical (unpaired) electrons. The highest BCUT2D eigenvalue weighted by molar-refractivity contribution is 7.89. The van der Waals surface area contributed by atoms with Crippen LogP contribution in [0.3, 0.4) is 0 Å². The van der Waals surface area contributed by atoms with Crippen LogP contribution in [-0.4, -0.2) is 24.3 Å². The predicted molar refractivity (Wildman–Crippen MR) is 128 cm³/mol. The number of phenolic OH excluding ortho intramolecular Hbond substituents is 1. The molecule has 3 aromatic carbocycles. The SMILES string of the molecule is N#Cc1c(-c2ccc(Cl)cc2)cn(-c2ccc(S(N)(=O)=O)cc2)c1N=Cc1ccccc1O. The fraction of sp³-hybridized carbons (Fsp3) is 0. The van der Waals surface area contributed by atoms with Crippen molar-refractivity contribution < 1.29 is 13.5 Å². The van der Waals surface area contributed by atoms with E-state index >= 15 is 0 Å². The number of nitriles is 1. The lowest BCUT2D eigenvalue weighted by molar-refractivity contribution is 0.474. The van der Waals surface area contributed by atoms with Gasteiger partial charge in [-0.25, -0.2) is 18.5 Å². The topological polar surface area (TPSA) is 121 Å². The molecule has 4 aromatic rings. The number of para-hydroxylation sites is 1. The molecule has 1 heterocycles. The maximum atomic E-state index is 11.6. The summed E-state index contributed by atoms with van der Waals surface area (Å²) < 4.78 is 24.9. The van der Waals surface area contributed by atoms with Crippen molar-refractivity contribution in [1.29, 1.82) is 5.26 Å². The summed E-state index contributed by atoms with van der Waals surface area (Å²) in [6, 6.07) is 21.9. The Balaban J connectivity index is 1.91. The Bertz CT molecular complexity index is 1500. The van der Waals surface area contributed by atoms with Crippen LogP contribution >= 0.6 is 11.6 Å². The minimum absolute atomic E-state index is 0.0314. The van der Waals surface area contributed by atoms with E-state index in [1.165, 1.54) is 24.4 Å². The molecule has 0 aliphatic carbocycles. The first-order valence-electron chi connectivity index (χ1n) is 9.64. The monoisotopic (exact) mass is 476 g/mol. The van der Waals surface area contributed by atoms with Gasteiger partial charge in [0, 0.05) is 34.2 Å². The highest BCUT2D eigenvalue weighted by Crippen LogP contribution is 2.36. The van der Waals surface area contributed by atoms with E-state index in [4.69, 9.17) is 16.7 Å². The maximum absolute atomic E-state index is 11.6. The summed E-state index contributed by atoms with van der Waals surface area (Å²) >= 11 is 6.01. The maximum Gasteiger partial charge on any atom is 0.238 e. The van der Waals surface area contributed by atoms with E-state index in [-0.39, 0.29) is 10.6 Å². The third-order valence-corrected chi connectivity index (χ3v) is 6.13. The Kier molecular flexibility index (Phi) is 6.03. The lowest BCUT2D eigenvalue weighted by Crippen LogP contribution is -2.11. The summed E-state index contributed by atoms with van der Waals surface area (Å²) in [5, 5.41) is 25.8. The van der Waals surface area contributed by atoms with Gasteiger partial charge in [-0.15, -0.1) is 0 Å². The van der Waals surface area contributed by atoms with E-state index < -0.39 is 10.0 Å². The van der Waals surface area contributed by atoms with Crippen LogP contribution in [0, 0.1) is 11.3 Å². The smallest absolute Gasteiger partial charge is 0.238 e. The largest absolute Gasteiger partial charge is 0.507 e. The zero-order chi connectivity index (χ0) is 23.6. The molecule has 33 heavy (non-hydrogen) atoms. The van der Waals surface area contributed by atoms with Gasteiger partial charge in [0.05, 0.1) is 4.90 Å². The van der Waals surface area contributed by atoms with Crippen molar-refractivity contribution in [3.63, 3.8) is 0 Å². The molecule has 3 N–H and O–H groups in total. The number of benzene rings is 3. The van der Waals surface area contributed by atoms with E-state index in [0.29, 0.717) is 33.2 Å². The lowest BCUT2D eigenvalue weighted by atomic mass is 10.1. The Morgan fingerprint density at radius 3 is 2.30 bits per heavy atom. The van der Waals surface area contributed by atoms with Gasteiger partial charge >= 0.3 is 0 Å². The van der Waals surface area contributed by atoms with Gasteiger partial charge in [-0.1, -0.05) is 35.9 Å². The van der Waals surface area contributed by atoms with Gasteiger partial charge in [-0.05, 0) is 54.1 Å². The molecule has 164 valence electrons. The van der Waals surface area contributed by atoms with Gasteiger partial charge in [0.2, 0.25) is 10.0 Å². The second-order valence-electron chi connectivity index (χ2n) is 7.09. The number of aromatic nitrogens is 1. The average Bonchev–Trinajstić information content (AvgIpc) is 3.17. The van der Waals surface area contributed by atoms with Crippen LogP contribution in [0.2, 0.25) is 5.02 Å². The van der Waals surface area contributed by atoms with Crippen LogP contribution in [0.1, 0.15) is 11.1 Å². The lowest BCUT2D eigenvalue weighted by Gasteiger charge is -2.07. The minimum Gasteiger partial charge on any atom is -0.507 e. The Hall–Kier alpha value is -3.90. The molecular weight excluding hydrogens is 460 g/mol. The number of hydrogen-bond acceptors (Lipinski definition) is 5. The number of phenols is 1. The van der Waals surface area contributed by atoms with Crippen molar-refractivity contribution in [3.05, 3.63) is 95.1 Å². The summed E-state index contributed by atoms with van der Waals surface area (Å²) in [7, 11) is -3.85. The van der Waals surface area contributed by atoms with Crippen molar-refractivity contribution in [2.24, 2.45) is 10.1 Å². The molecule has 9 heteroatoms. The number of aliphatic imine (C=N–C) groups is 1. The van der Waals surface area contributed by atoms with E-state index in [1.54, 1.807) is 65.4 Å². The molecule has 0 saturated heterocycles. The molecule has 0 spiro atoms. The second kappa shape index (κ2) is 8.92. The fourth-order valence-corrected chi connectivity index (χ4v) is 3.94. The molecule has 0 bridgehead atoms. The van der Waals surface area contributed by atoms with Crippen molar-refractivity contribution in [2.45, 2.75) is 4.90 Å². The fourth-order valence-electron chi connectivity index (χ4n) is 3.30. The van der Waals surface area contributed by atoms with E-state index in [9.17, 15) is 18.8 Å². The van der Waals surface area contributed by atoms with Gasteiger partial charge < -0.3 is 9.67 Å². The molecule has 0 saturated carbocycles. The number of sulfonamides is 1. The van der Waals surface area contributed by atoms with Gasteiger partial charge in [0.25, 0.3) is 0 Å². The number of nitrogens with two attached hydrogens (primary N) is 1. The third kappa shape index (κ3) is 4.66. The second-order valence-corrected chi connectivity index (χ2v) is 9.08. The van der Waals surface area contributed by atoms with Crippen molar-refractivity contribution in [2.75, 3.05) is 0 Å². The standard InChI is InChI=1S/C24H17ClN4O3S/c25-18-7-5-16(6-8-18)22-15-29(19-9-11-20(12-10-19)33(27,31)32)24(21(22)13-26)28-14-17-3-1-2-4-23(17)30/h1-12,14-15,30H,(H2,27,31,32). The van der Waals surface area contributed by atoms with Crippen molar-refractivity contribution in [3.8, 4) is 28.6 Å². The third-order valence-electron chi connectivity index (χ3n) is 4.95. The molecule has 0 fully saturated rings. The van der Waals surface area contributed by atoms with Crippen LogP contribution in [-0.2, 0) is 10.0 Å². The van der Waals surface area contributed by atoms with E-state index in [2.05, 4.69) is 11.1 Å². The first kappa shape index (κ1) is 22.3. The molecule has 1 aromatic heterocycles. The number of nitrogens with zero attached hydrogens (tertiary/aromatic N) is 3. The highest BCUT2D eigenvalue weighted by Gasteiger charge is 2.18. The van der Waals surface area contributed by atoms with Gasteiger partial charge in [-0.3, -0.25) is 0 Å². The molecule has 0 amide bonds. The molecule has 0 aliphatic rings. The minimum atomic E-state index is -3.85. The molecular formula is C24H17ClN4O3S. The number of rotatable bonds is 5. The molecule has 7 nitrogen and oxygen atoms in total. The Morgan fingerprint density at radius 2 is 1.70 bits per heavy atom. The average molecular weight is 477 g/mol. The zero-order valence-corrected chi connectivity index (χ0v) is 18.6. The Labute approximate surface area is 195 Å². The van der Waals surface area contributed by atoms with E-state index in [1.807, 2.05) is 0 Å². The molecule has 0 unspecified atom stereocenters. The number of aromatic hydroxyl groups is 1. The number of primary sulfonamides is 1. The quantitative estimate of drug-likeness (QED) is 0.403. The Morgan fingerprint density at radius 1 is 1.03 bits per heavy atom. The first-order valence-corrected chi connectivity index (χ1v) is 11.6. The van der Waals surface area contributed by atoms with Crippen molar-refractivity contribution >= 4 is 33.7 Å². The number of hydrogen-bond donors (Lipinski definition) is 2. The van der Waals surface area contributed by atoms with Crippen LogP contribution < -0.4 is 5.14 Å². The van der Waals surface area contributed by atoms with Gasteiger partial charge in [0.15, 0.2) is 5.82 Å². The normalized spacial score (nSPS) is 11.5. The summed E-state index contributed by atoms with van der Waals surface area (Å²) in [5.41, 5.74) is 2.74. The molecule has 0 atom stereocenters.